The van der Waals surface area contributed by atoms with Gasteiger partial charge in [0.2, 0.25) is 0 Å². The van der Waals surface area contributed by atoms with Crippen LogP contribution in [0.4, 0.5) is 0 Å². The fourth-order valence-corrected chi connectivity index (χ4v) is 5.23. The molecule has 6 nitrogen and oxygen atoms in total. The Morgan fingerprint density at radius 3 is 2.23 bits per heavy atom. The molecule has 4 rings (SSSR count). The number of ether oxygens (including phenoxy) is 1. The molecule has 7 heteroatoms. The molecule has 1 atom stereocenters. The Kier molecular flexibility index (Phi) is 9.23. The molecule has 1 aliphatic rings. The van der Waals surface area contributed by atoms with Crippen LogP contribution in [0.2, 0.25) is 0 Å². The molecule has 0 saturated carbocycles. The molecule has 1 heterocycles. The van der Waals surface area contributed by atoms with Crippen molar-refractivity contribution in [3.63, 3.8) is 0 Å². The van der Waals surface area contributed by atoms with E-state index in [4.69, 9.17) is 9.84 Å². The van der Waals surface area contributed by atoms with Gasteiger partial charge in [-0.05, 0) is 65.4 Å². The van der Waals surface area contributed by atoms with E-state index in [2.05, 4.69) is 47.1 Å². The maximum Gasteiger partial charge on any atom is 0.304 e. The highest BCUT2D eigenvalue weighted by Crippen LogP contribution is 2.25. The monoisotopic (exact) mass is 543 g/mol. The first-order valence-corrected chi connectivity index (χ1v) is 14.8. The summed E-state index contributed by atoms with van der Waals surface area (Å²) in [6, 6.07) is 23.0. The van der Waals surface area contributed by atoms with E-state index in [1.54, 1.807) is 19.1 Å². The van der Waals surface area contributed by atoms with Gasteiger partial charge in [-0.1, -0.05) is 60.5 Å². The Morgan fingerprint density at radius 2 is 1.67 bits per heavy atom. The molecule has 0 aliphatic carbocycles. The van der Waals surface area contributed by atoms with Crippen molar-refractivity contribution in [3.8, 4) is 17.6 Å². The maximum atomic E-state index is 11.7. The van der Waals surface area contributed by atoms with E-state index in [-0.39, 0.29) is 12.3 Å². The van der Waals surface area contributed by atoms with Gasteiger partial charge in [0.25, 0.3) is 0 Å². The van der Waals surface area contributed by atoms with E-state index >= 15 is 0 Å². The summed E-state index contributed by atoms with van der Waals surface area (Å²) < 4.78 is 29.3. The molecule has 0 amide bonds. The van der Waals surface area contributed by atoms with E-state index in [9.17, 15) is 13.2 Å². The Labute approximate surface area is 230 Å². The standard InChI is InChI=1S/C32H33NO5S/c1-3-4-29(21-32(34)35)27-9-13-30(14-10-27)38-23-25-7-5-24(6-8-25)22-33-19-17-28(18-20-33)26-11-15-31(16-12-26)39(2,36)37/h5-17,29H,18-23H2,1-2H3,(H,34,35). The molecule has 0 bridgehead atoms. The SMILES string of the molecule is CC#CC(CC(=O)O)c1ccc(OCc2ccc(CN3CC=C(c4ccc(S(C)(=O)=O)cc4)CC3)cc2)cc1. The van der Waals surface area contributed by atoms with Crippen LogP contribution >= 0.6 is 0 Å². The lowest BCUT2D eigenvalue weighted by Gasteiger charge is -2.26. The molecule has 3 aromatic carbocycles. The number of aliphatic carboxylic acids is 1. The predicted octanol–water partition coefficient (Wildman–Crippen LogP) is 5.54. The minimum absolute atomic E-state index is 0.0244. The van der Waals surface area contributed by atoms with Gasteiger partial charge in [0.15, 0.2) is 9.84 Å². The molecule has 1 aliphatic heterocycles. The topological polar surface area (TPSA) is 83.9 Å². The third-order valence-electron chi connectivity index (χ3n) is 6.76. The normalized spacial score (nSPS) is 14.6. The summed E-state index contributed by atoms with van der Waals surface area (Å²) in [5, 5.41) is 9.12. The van der Waals surface area contributed by atoms with Crippen molar-refractivity contribution >= 4 is 21.4 Å². The van der Waals surface area contributed by atoms with Crippen LogP contribution in [0.5, 0.6) is 5.75 Å². The summed E-state index contributed by atoms with van der Waals surface area (Å²) in [6.07, 6.45) is 4.35. The van der Waals surface area contributed by atoms with Gasteiger partial charge < -0.3 is 9.84 Å². The lowest BCUT2D eigenvalue weighted by Crippen LogP contribution is -2.28. The predicted molar refractivity (Wildman–Crippen MR) is 153 cm³/mol. The fraction of sp³-hybridized carbons (Fsp3) is 0.281. The van der Waals surface area contributed by atoms with E-state index in [1.165, 1.54) is 17.4 Å². The zero-order valence-electron chi connectivity index (χ0n) is 22.3. The van der Waals surface area contributed by atoms with E-state index in [0.717, 1.165) is 48.5 Å². The Hall–Kier alpha value is -3.86. The summed E-state index contributed by atoms with van der Waals surface area (Å²) in [5.74, 6) is 5.30. The Morgan fingerprint density at radius 1 is 1.00 bits per heavy atom. The first-order valence-electron chi connectivity index (χ1n) is 12.9. The van der Waals surface area contributed by atoms with Crippen LogP contribution in [-0.4, -0.2) is 43.7 Å². The lowest BCUT2D eigenvalue weighted by molar-refractivity contribution is -0.137. The number of rotatable bonds is 10. The van der Waals surface area contributed by atoms with Crippen molar-refractivity contribution in [2.45, 2.75) is 43.7 Å². The number of hydrogen-bond acceptors (Lipinski definition) is 5. The van der Waals surface area contributed by atoms with E-state index in [1.807, 2.05) is 36.4 Å². The molecule has 1 N–H and O–H groups in total. The fourth-order valence-electron chi connectivity index (χ4n) is 4.60. The molecule has 202 valence electrons. The molecule has 0 spiro atoms. The van der Waals surface area contributed by atoms with Crippen LogP contribution in [0.1, 0.15) is 47.9 Å². The third kappa shape index (κ3) is 8.06. The van der Waals surface area contributed by atoms with Crippen LogP contribution in [0.3, 0.4) is 0 Å². The first-order chi connectivity index (χ1) is 18.7. The highest BCUT2D eigenvalue weighted by Gasteiger charge is 2.15. The summed E-state index contributed by atoms with van der Waals surface area (Å²) in [7, 11) is -3.18. The number of benzene rings is 3. The lowest BCUT2D eigenvalue weighted by atomic mass is 9.96. The van der Waals surface area contributed by atoms with Crippen LogP contribution < -0.4 is 4.74 Å². The number of carboxylic acids is 1. The molecule has 0 radical (unpaired) electrons. The van der Waals surface area contributed by atoms with Crippen LogP contribution in [0.15, 0.2) is 83.8 Å². The highest BCUT2D eigenvalue weighted by atomic mass is 32.2. The number of carbonyl (C=O) groups is 1. The van der Waals surface area contributed by atoms with Gasteiger partial charge in [0.1, 0.15) is 12.4 Å². The molecular weight excluding hydrogens is 510 g/mol. The second-order valence-corrected chi connectivity index (χ2v) is 11.7. The molecule has 0 saturated heterocycles. The Bertz CT molecular complexity index is 1480. The van der Waals surface area contributed by atoms with Crippen LogP contribution in [0.25, 0.3) is 5.57 Å². The largest absolute Gasteiger partial charge is 0.489 e. The first kappa shape index (κ1) is 28.2. The van der Waals surface area contributed by atoms with Gasteiger partial charge in [-0.3, -0.25) is 9.69 Å². The molecule has 1 unspecified atom stereocenters. The van der Waals surface area contributed by atoms with Crippen molar-refractivity contribution in [3.05, 3.63) is 101 Å². The summed E-state index contributed by atoms with van der Waals surface area (Å²) in [6.45, 7) is 4.81. The van der Waals surface area contributed by atoms with Crippen molar-refractivity contribution in [1.29, 1.82) is 0 Å². The second-order valence-electron chi connectivity index (χ2n) is 9.73. The van der Waals surface area contributed by atoms with Gasteiger partial charge in [-0.2, -0.15) is 0 Å². The molecule has 3 aromatic rings. The zero-order valence-corrected chi connectivity index (χ0v) is 23.1. The average Bonchev–Trinajstić information content (AvgIpc) is 2.93. The maximum absolute atomic E-state index is 11.7. The summed E-state index contributed by atoms with van der Waals surface area (Å²) in [5.41, 5.74) is 5.51. The molecule has 0 aromatic heterocycles. The van der Waals surface area contributed by atoms with Gasteiger partial charge in [-0.25, -0.2) is 8.42 Å². The molecule has 0 fully saturated rings. The Balaban J connectivity index is 1.27. The number of nitrogens with zero attached hydrogens (tertiary/aromatic N) is 1. The van der Waals surface area contributed by atoms with E-state index < -0.39 is 15.8 Å². The van der Waals surface area contributed by atoms with Crippen molar-refractivity contribution in [2.75, 3.05) is 19.3 Å². The van der Waals surface area contributed by atoms with Crippen LogP contribution in [0, 0.1) is 11.8 Å². The average molecular weight is 544 g/mol. The van der Waals surface area contributed by atoms with E-state index in [0.29, 0.717) is 11.5 Å². The van der Waals surface area contributed by atoms with Gasteiger partial charge in [0, 0.05) is 25.9 Å². The van der Waals surface area contributed by atoms with Gasteiger partial charge in [-0.15, -0.1) is 5.92 Å². The summed E-state index contributed by atoms with van der Waals surface area (Å²) >= 11 is 0. The quantitative estimate of drug-likeness (QED) is 0.338. The van der Waals surface area contributed by atoms with Crippen molar-refractivity contribution in [1.82, 2.24) is 4.90 Å². The minimum atomic E-state index is -3.18. The third-order valence-corrected chi connectivity index (χ3v) is 7.89. The minimum Gasteiger partial charge on any atom is -0.489 e. The smallest absolute Gasteiger partial charge is 0.304 e. The van der Waals surface area contributed by atoms with Crippen molar-refractivity contribution in [2.24, 2.45) is 0 Å². The van der Waals surface area contributed by atoms with Gasteiger partial charge >= 0.3 is 5.97 Å². The number of carboxylic acid groups (broad SMARTS) is 1. The second kappa shape index (κ2) is 12.8. The van der Waals surface area contributed by atoms with Crippen LogP contribution in [-0.2, 0) is 27.8 Å². The zero-order chi connectivity index (χ0) is 27.8. The highest BCUT2D eigenvalue weighted by molar-refractivity contribution is 7.90. The molecule has 39 heavy (non-hydrogen) atoms. The molecular formula is C32H33NO5S. The van der Waals surface area contributed by atoms with Gasteiger partial charge in [0.05, 0.1) is 17.2 Å². The van der Waals surface area contributed by atoms with Crippen molar-refractivity contribution < 1.29 is 23.1 Å². The summed E-state index contributed by atoms with van der Waals surface area (Å²) in [4.78, 5) is 13.8. The number of sulfone groups is 1. The number of hydrogen-bond donors (Lipinski definition) is 1.